The Morgan fingerprint density at radius 2 is 1.79 bits per heavy atom. The summed E-state index contributed by atoms with van der Waals surface area (Å²) in [5.41, 5.74) is 3.05. The van der Waals surface area contributed by atoms with Gasteiger partial charge < -0.3 is 15.5 Å². The van der Waals surface area contributed by atoms with Crippen LogP contribution in [0, 0.1) is 6.92 Å². The Morgan fingerprint density at radius 3 is 2.38 bits per heavy atom. The number of carbonyl (C=O) groups excluding carboxylic acids is 2. The minimum Gasteiger partial charge on any atom is -0.345 e. The maximum atomic E-state index is 12.1. The predicted octanol–water partition coefficient (Wildman–Crippen LogP) is 2.97. The summed E-state index contributed by atoms with van der Waals surface area (Å²) in [6.45, 7) is 3.75. The number of benzene rings is 1. The Balaban J connectivity index is 2.02. The van der Waals surface area contributed by atoms with Crippen LogP contribution >= 0.6 is 0 Å². The van der Waals surface area contributed by atoms with Crippen LogP contribution < -0.4 is 10.6 Å². The zero-order chi connectivity index (χ0) is 17.7. The summed E-state index contributed by atoms with van der Waals surface area (Å²) in [5, 5.41) is 5.65. The quantitative estimate of drug-likeness (QED) is 0.907. The van der Waals surface area contributed by atoms with Gasteiger partial charge in [0.25, 0.3) is 5.91 Å². The third-order valence-corrected chi connectivity index (χ3v) is 3.67. The van der Waals surface area contributed by atoms with E-state index in [1.165, 1.54) is 4.90 Å². The van der Waals surface area contributed by atoms with Crippen LogP contribution in [-0.2, 0) is 0 Å². The van der Waals surface area contributed by atoms with E-state index in [1.807, 2.05) is 26.0 Å². The average Bonchev–Trinajstić information content (AvgIpc) is 2.55. The van der Waals surface area contributed by atoms with Crippen molar-refractivity contribution in [1.82, 2.24) is 15.2 Å². The molecule has 126 valence electrons. The molecule has 0 aliphatic carbocycles. The van der Waals surface area contributed by atoms with Gasteiger partial charge in [0, 0.05) is 37.7 Å². The zero-order valence-corrected chi connectivity index (χ0v) is 14.3. The molecule has 1 heterocycles. The molecule has 0 spiro atoms. The van der Waals surface area contributed by atoms with Gasteiger partial charge in [-0.05, 0) is 55.3 Å². The lowest BCUT2D eigenvalue weighted by Crippen LogP contribution is -2.31. The van der Waals surface area contributed by atoms with Gasteiger partial charge in [0.1, 0.15) is 0 Å². The van der Waals surface area contributed by atoms with Gasteiger partial charge in [0.15, 0.2) is 0 Å². The van der Waals surface area contributed by atoms with Gasteiger partial charge in [-0.25, -0.2) is 4.79 Å². The highest BCUT2D eigenvalue weighted by atomic mass is 16.2. The standard InChI is InChI=1S/C18H22N4O2/c1-12-11-15(5-6-16(12)17(23)22(3)4)21-18(24)20-13(2)14-7-9-19-10-8-14/h5-11,13H,1-4H3,(H2,20,21,24). The largest absolute Gasteiger partial charge is 0.345 e. The number of nitrogens with one attached hydrogen (secondary N) is 2. The molecule has 3 amide bonds. The molecule has 1 unspecified atom stereocenters. The molecule has 24 heavy (non-hydrogen) atoms. The molecule has 0 bridgehead atoms. The number of aromatic nitrogens is 1. The van der Waals surface area contributed by atoms with E-state index < -0.39 is 0 Å². The highest BCUT2D eigenvalue weighted by Crippen LogP contribution is 2.17. The second kappa shape index (κ2) is 7.59. The molecule has 6 nitrogen and oxygen atoms in total. The lowest BCUT2D eigenvalue weighted by Gasteiger charge is -2.16. The Kier molecular flexibility index (Phi) is 5.52. The Hall–Kier alpha value is -2.89. The summed E-state index contributed by atoms with van der Waals surface area (Å²) in [6, 6.07) is 8.51. The zero-order valence-electron chi connectivity index (χ0n) is 14.3. The molecule has 1 aromatic carbocycles. The fourth-order valence-electron chi connectivity index (χ4n) is 2.32. The van der Waals surface area contributed by atoms with Crippen molar-refractivity contribution in [3.05, 3.63) is 59.4 Å². The fourth-order valence-corrected chi connectivity index (χ4v) is 2.32. The second-order valence-corrected chi connectivity index (χ2v) is 5.83. The van der Waals surface area contributed by atoms with Crippen molar-refractivity contribution >= 4 is 17.6 Å². The van der Waals surface area contributed by atoms with Crippen molar-refractivity contribution in [2.45, 2.75) is 19.9 Å². The van der Waals surface area contributed by atoms with Crippen LogP contribution in [-0.4, -0.2) is 35.9 Å². The third-order valence-electron chi connectivity index (χ3n) is 3.67. The number of nitrogens with zero attached hydrogens (tertiary/aromatic N) is 2. The summed E-state index contributed by atoms with van der Waals surface area (Å²) in [4.78, 5) is 29.6. The highest BCUT2D eigenvalue weighted by Gasteiger charge is 2.13. The lowest BCUT2D eigenvalue weighted by molar-refractivity contribution is 0.0827. The van der Waals surface area contributed by atoms with Crippen molar-refractivity contribution in [3.63, 3.8) is 0 Å². The van der Waals surface area contributed by atoms with Crippen molar-refractivity contribution in [3.8, 4) is 0 Å². The number of pyridine rings is 1. The third kappa shape index (κ3) is 4.32. The van der Waals surface area contributed by atoms with Crippen molar-refractivity contribution in [1.29, 1.82) is 0 Å². The lowest BCUT2D eigenvalue weighted by atomic mass is 10.1. The van der Waals surface area contributed by atoms with Gasteiger partial charge in [-0.2, -0.15) is 0 Å². The highest BCUT2D eigenvalue weighted by molar-refractivity contribution is 5.96. The first-order valence-electron chi connectivity index (χ1n) is 7.68. The molecule has 2 N–H and O–H groups in total. The van der Waals surface area contributed by atoms with Gasteiger partial charge >= 0.3 is 6.03 Å². The van der Waals surface area contributed by atoms with Crippen molar-refractivity contribution in [2.24, 2.45) is 0 Å². The van der Waals surface area contributed by atoms with E-state index in [4.69, 9.17) is 0 Å². The Morgan fingerprint density at radius 1 is 1.12 bits per heavy atom. The van der Waals surface area contributed by atoms with Crippen LogP contribution in [0.4, 0.5) is 10.5 Å². The number of urea groups is 1. The number of rotatable bonds is 4. The van der Waals surface area contributed by atoms with Gasteiger partial charge in [0.2, 0.25) is 0 Å². The van der Waals surface area contributed by atoms with Crippen LogP contribution in [0.3, 0.4) is 0 Å². The fraction of sp³-hybridized carbons (Fsp3) is 0.278. The second-order valence-electron chi connectivity index (χ2n) is 5.83. The Labute approximate surface area is 141 Å². The van der Waals surface area contributed by atoms with Gasteiger partial charge in [-0.1, -0.05) is 0 Å². The number of hydrogen-bond acceptors (Lipinski definition) is 3. The van der Waals surface area contributed by atoms with Gasteiger partial charge in [0.05, 0.1) is 6.04 Å². The topological polar surface area (TPSA) is 74.3 Å². The molecule has 2 aromatic rings. The van der Waals surface area contributed by atoms with Crippen LogP contribution in [0.1, 0.15) is 34.5 Å². The summed E-state index contributed by atoms with van der Waals surface area (Å²) < 4.78 is 0. The first-order valence-corrected chi connectivity index (χ1v) is 7.68. The van der Waals surface area contributed by atoms with Crippen molar-refractivity contribution in [2.75, 3.05) is 19.4 Å². The molecule has 1 atom stereocenters. The van der Waals surface area contributed by atoms with Crippen LogP contribution in [0.5, 0.6) is 0 Å². The molecule has 0 saturated heterocycles. The molecule has 0 aliphatic heterocycles. The van der Waals surface area contributed by atoms with Gasteiger partial charge in [-0.3, -0.25) is 9.78 Å². The number of amides is 3. The minimum absolute atomic E-state index is 0.0604. The summed E-state index contributed by atoms with van der Waals surface area (Å²) in [5.74, 6) is -0.0604. The molecule has 0 radical (unpaired) electrons. The van der Waals surface area contributed by atoms with E-state index in [0.29, 0.717) is 11.3 Å². The molecule has 0 aliphatic rings. The van der Waals surface area contributed by atoms with E-state index in [0.717, 1.165) is 11.1 Å². The number of aryl methyl sites for hydroxylation is 1. The van der Waals surface area contributed by atoms with Gasteiger partial charge in [-0.15, -0.1) is 0 Å². The number of anilines is 1. The summed E-state index contributed by atoms with van der Waals surface area (Å²) >= 11 is 0. The maximum Gasteiger partial charge on any atom is 0.319 e. The van der Waals surface area contributed by atoms with Crippen LogP contribution in [0.2, 0.25) is 0 Å². The van der Waals surface area contributed by atoms with E-state index >= 15 is 0 Å². The number of carbonyl (C=O) groups is 2. The molecular weight excluding hydrogens is 304 g/mol. The molecular formula is C18H22N4O2. The number of hydrogen-bond donors (Lipinski definition) is 2. The van der Waals surface area contributed by atoms with Crippen LogP contribution in [0.25, 0.3) is 0 Å². The molecule has 1 aromatic heterocycles. The van der Waals surface area contributed by atoms with E-state index in [9.17, 15) is 9.59 Å². The first kappa shape index (κ1) is 17.5. The predicted molar refractivity (Wildman–Crippen MR) is 94.0 cm³/mol. The molecule has 0 fully saturated rings. The first-order chi connectivity index (χ1) is 11.4. The summed E-state index contributed by atoms with van der Waals surface area (Å²) in [7, 11) is 3.42. The SMILES string of the molecule is Cc1cc(NC(=O)NC(C)c2ccncc2)ccc1C(=O)N(C)C. The van der Waals surface area contributed by atoms with E-state index in [-0.39, 0.29) is 18.0 Å². The molecule has 2 rings (SSSR count). The summed E-state index contributed by atoms with van der Waals surface area (Å²) in [6.07, 6.45) is 3.38. The monoisotopic (exact) mass is 326 g/mol. The van der Waals surface area contributed by atoms with E-state index in [2.05, 4.69) is 15.6 Å². The van der Waals surface area contributed by atoms with Crippen LogP contribution in [0.15, 0.2) is 42.7 Å². The minimum atomic E-state index is -0.301. The van der Waals surface area contributed by atoms with Crippen molar-refractivity contribution < 1.29 is 9.59 Å². The normalized spacial score (nSPS) is 11.5. The smallest absolute Gasteiger partial charge is 0.319 e. The van der Waals surface area contributed by atoms with E-state index in [1.54, 1.807) is 44.7 Å². The maximum absolute atomic E-state index is 12.1. The molecule has 6 heteroatoms. The Bertz CT molecular complexity index is 729. The average molecular weight is 326 g/mol. The molecule has 0 saturated carbocycles.